The summed E-state index contributed by atoms with van der Waals surface area (Å²) in [6.45, 7) is 5.86. The summed E-state index contributed by atoms with van der Waals surface area (Å²) in [5, 5.41) is 0. The van der Waals surface area contributed by atoms with Gasteiger partial charge in [-0.15, -0.1) is 0 Å². The van der Waals surface area contributed by atoms with Crippen molar-refractivity contribution in [2.45, 2.75) is 116 Å². The van der Waals surface area contributed by atoms with Crippen LogP contribution >= 0.6 is 0 Å². The molecule has 1 unspecified atom stereocenters. The number of benzene rings is 1. The summed E-state index contributed by atoms with van der Waals surface area (Å²) < 4.78 is 11.3. The number of hydrogen-bond donors (Lipinski definition) is 0. The Bertz CT molecular complexity index is 574. The van der Waals surface area contributed by atoms with Crippen molar-refractivity contribution in [3.63, 3.8) is 0 Å². The first-order chi connectivity index (χ1) is 14.7. The summed E-state index contributed by atoms with van der Waals surface area (Å²) in [7, 11) is 0. The molecule has 1 atom stereocenters. The quantitative estimate of drug-likeness (QED) is 0.129. The molecule has 0 radical (unpaired) electrons. The highest BCUT2D eigenvalue weighted by atomic mass is 16.6. The topological polar surface area (TPSA) is 21.8 Å². The van der Waals surface area contributed by atoms with Crippen molar-refractivity contribution in [3.05, 3.63) is 42.0 Å². The third-order valence-corrected chi connectivity index (χ3v) is 6.06. The number of epoxide rings is 1. The minimum absolute atomic E-state index is 0.0433. The van der Waals surface area contributed by atoms with Gasteiger partial charge in [0.2, 0.25) is 0 Å². The monoisotopic (exact) mass is 414 g/mol. The van der Waals surface area contributed by atoms with Crippen LogP contribution in [0.5, 0.6) is 5.75 Å². The summed E-state index contributed by atoms with van der Waals surface area (Å²) in [5.74, 6) is 0.978. The van der Waals surface area contributed by atoms with E-state index in [1.807, 2.05) is 0 Å². The number of unbranched alkanes of at least 4 members (excludes halogenated alkanes) is 12. The molecule has 2 rings (SSSR count). The SMILES string of the molecule is CCCCCCCCCC/C=C/CCCCCCc1cccc(OCC2(C)CO2)c1. The maximum atomic E-state index is 5.87. The molecule has 1 aliphatic heterocycles. The van der Waals surface area contributed by atoms with Crippen LogP contribution in [-0.2, 0) is 11.2 Å². The second kappa shape index (κ2) is 15.5. The fourth-order valence-electron chi connectivity index (χ4n) is 3.81. The summed E-state index contributed by atoms with van der Waals surface area (Å²) in [6, 6.07) is 8.57. The zero-order valence-corrected chi connectivity index (χ0v) is 19.8. The molecule has 170 valence electrons. The fourth-order valence-corrected chi connectivity index (χ4v) is 3.81. The Kier molecular flexibility index (Phi) is 12.9. The van der Waals surface area contributed by atoms with Gasteiger partial charge in [0.1, 0.15) is 18.0 Å². The standard InChI is InChI=1S/C28H46O2/c1-3-4-5-6-7-8-9-10-11-12-13-14-15-16-17-18-20-26-21-19-22-27(23-26)29-24-28(2)25-30-28/h12-13,19,21-23H,3-11,14-18,20,24-25H2,1-2H3/b13-12+. The van der Waals surface area contributed by atoms with Gasteiger partial charge in [-0.25, -0.2) is 0 Å². The lowest BCUT2D eigenvalue weighted by Gasteiger charge is -2.10. The first-order valence-electron chi connectivity index (χ1n) is 12.7. The molecule has 0 amide bonds. The van der Waals surface area contributed by atoms with E-state index in [1.54, 1.807) is 0 Å². The van der Waals surface area contributed by atoms with Crippen LogP contribution in [0.4, 0.5) is 0 Å². The van der Waals surface area contributed by atoms with E-state index in [2.05, 4.69) is 50.3 Å². The summed E-state index contributed by atoms with van der Waals surface area (Å²) in [6.07, 6.45) is 25.1. The first kappa shape index (κ1) is 25.0. The molecule has 1 fully saturated rings. The molecule has 1 aromatic rings. The second-order valence-electron chi connectivity index (χ2n) is 9.36. The van der Waals surface area contributed by atoms with Gasteiger partial charge >= 0.3 is 0 Å². The van der Waals surface area contributed by atoms with Gasteiger partial charge in [0, 0.05) is 0 Å². The Morgan fingerprint density at radius 1 is 0.867 bits per heavy atom. The number of ether oxygens (including phenoxy) is 2. The smallest absolute Gasteiger partial charge is 0.123 e. The lowest BCUT2D eigenvalue weighted by Crippen LogP contribution is -2.16. The van der Waals surface area contributed by atoms with E-state index < -0.39 is 0 Å². The van der Waals surface area contributed by atoms with E-state index in [0.717, 1.165) is 18.8 Å². The molecule has 1 saturated heterocycles. The fraction of sp³-hybridized carbons (Fsp3) is 0.714. The van der Waals surface area contributed by atoms with Crippen LogP contribution in [0.1, 0.15) is 109 Å². The van der Waals surface area contributed by atoms with Crippen molar-refractivity contribution in [1.29, 1.82) is 0 Å². The second-order valence-corrected chi connectivity index (χ2v) is 9.36. The van der Waals surface area contributed by atoms with Crippen molar-refractivity contribution in [3.8, 4) is 5.75 Å². The highest BCUT2D eigenvalue weighted by molar-refractivity contribution is 5.28. The molecule has 2 heteroatoms. The average Bonchev–Trinajstić information content (AvgIpc) is 3.50. The number of hydrogen-bond acceptors (Lipinski definition) is 2. The summed E-state index contributed by atoms with van der Waals surface area (Å²) in [5.41, 5.74) is 1.35. The van der Waals surface area contributed by atoms with E-state index in [4.69, 9.17) is 9.47 Å². The summed E-state index contributed by atoms with van der Waals surface area (Å²) >= 11 is 0. The molecular weight excluding hydrogens is 368 g/mol. The molecule has 0 saturated carbocycles. The Balaban J connectivity index is 1.38. The number of aryl methyl sites for hydroxylation is 1. The van der Waals surface area contributed by atoms with Gasteiger partial charge in [-0.1, -0.05) is 89.0 Å². The van der Waals surface area contributed by atoms with E-state index in [9.17, 15) is 0 Å². The third kappa shape index (κ3) is 12.4. The number of rotatable bonds is 19. The largest absolute Gasteiger partial charge is 0.490 e. The van der Waals surface area contributed by atoms with Gasteiger partial charge in [-0.3, -0.25) is 0 Å². The Hall–Kier alpha value is -1.28. The Labute approximate surface area is 186 Å². The van der Waals surface area contributed by atoms with E-state index in [1.165, 1.54) is 95.5 Å². The van der Waals surface area contributed by atoms with Crippen LogP contribution in [0.3, 0.4) is 0 Å². The molecule has 1 heterocycles. The Morgan fingerprint density at radius 3 is 2.10 bits per heavy atom. The molecule has 0 spiro atoms. The molecule has 0 aromatic heterocycles. The molecule has 30 heavy (non-hydrogen) atoms. The highest BCUT2D eigenvalue weighted by Gasteiger charge is 2.40. The summed E-state index contributed by atoms with van der Waals surface area (Å²) in [4.78, 5) is 0. The van der Waals surface area contributed by atoms with Gasteiger partial charge < -0.3 is 9.47 Å². The van der Waals surface area contributed by atoms with E-state index in [0.29, 0.717) is 6.61 Å². The van der Waals surface area contributed by atoms with Crippen molar-refractivity contribution in [2.75, 3.05) is 13.2 Å². The molecular formula is C28H46O2. The predicted octanol–water partition coefficient (Wildman–Crippen LogP) is 8.43. The van der Waals surface area contributed by atoms with Crippen LogP contribution in [0, 0.1) is 0 Å². The van der Waals surface area contributed by atoms with Crippen LogP contribution in [0.2, 0.25) is 0 Å². The predicted molar refractivity (Wildman–Crippen MR) is 129 cm³/mol. The van der Waals surface area contributed by atoms with E-state index in [-0.39, 0.29) is 5.60 Å². The zero-order chi connectivity index (χ0) is 21.3. The zero-order valence-electron chi connectivity index (χ0n) is 19.8. The van der Waals surface area contributed by atoms with Gasteiger partial charge in [0.25, 0.3) is 0 Å². The minimum atomic E-state index is -0.0433. The average molecular weight is 415 g/mol. The van der Waals surface area contributed by atoms with Crippen molar-refractivity contribution < 1.29 is 9.47 Å². The normalized spacial score (nSPS) is 18.2. The maximum Gasteiger partial charge on any atom is 0.123 e. The van der Waals surface area contributed by atoms with Crippen molar-refractivity contribution >= 4 is 0 Å². The third-order valence-electron chi connectivity index (χ3n) is 6.06. The van der Waals surface area contributed by atoms with Crippen molar-refractivity contribution in [1.82, 2.24) is 0 Å². The van der Waals surface area contributed by atoms with Gasteiger partial charge in [0.05, 0.1) is 6.61 Å². The lowest BCUT2D eigenvalue weighted by atomic mass is 10.0. The maximum absolute atomic E-state index is 5.87. The van der Waals surface area contributed by atoms with Crippen LogP contribution in [0.15, 0.2) is 36.4 Å². The van der Waals surface area contributed by atoms with Gasteiger partial charge in [-0.05, 0) is 63.1 Å². The molecule has 0 bridgehead atoms. The lowest BCUT2D eigenvalue weighted by molar-refractivity contribution is 0.202. The molecule has 0 N–H and O–H groups in total. The van der Waals surface area contributed by atoms with Crippen LogP contribution in [0.25, 0.3) is 0 Å². The van der Waals surface area contributed by atoms with E-state index >= 15 is 0 Å². The molecule has 1 aromatic carbocycles. The Morgan fingerprint density at radius 2 is 1.47 bits per heavy atom. The molecule has 2 nitrogen and oxygen atoms in total. The first-order valence-corrected chi connectivity index (χ1v) is 12.7. The number of allylic oxidation sites excluding steroid dienone is 2. The molecule has 0 aliphatic carbocycles. The van der Waals surface area contributed by atoms with Crippen LogP contribution < -0.4 is 4.74 Å². The van der Waals surface area contributed by atoms with Gasteiger partial charge in [0.15, 0.2) is 0 Å². The highest BCUT2D eigenvalue weighted by Crippen LogP contribution is 2.27. The minimum Gasteiger partial charge on any atom is -0.490 e. The van der Waals surface area contributed by atoms with Gasteiger partial charge in [-0.2, -0.15) is 0 Å². The van der Waals surface area contributed by atoms with Crippen LogP contribution in [-0.4, -0.2) is 18.8 Å². The molecule has 1 aliphatic rings. The van der Waals surface area contributed by atoms with Crippen molar-refractivity contribution in [2.24, 2.45) is 0 Å².